The van der Waals surface area contributed by atoms with Crippen molar-refractivity contribution in [2.75, 3.05) is 7.11 Å². The number of hydrogen-bond acceptors (Lipinski definition) is 5. The zero-order valence-corrected chi connectivity index (χ0v) is 27.5. The lowest BCUT2D eigenvalue weighted by Gasteiger charge is -2.30. The van der Waals surface area contributed by atoms with Crippen molar-refractivity contribution >= 4 is 49.8 Å². The number of halogens is 1. The Bertz CT molecular complexity index is 2350. The molecule has 8 rings (SSSR count). The van der Waals surface area contributed by atoms with Crippen molar-refractivity contribution in [3.63, 3.8) is 0 Å². The molecule has 0 unspecified atom stereocenters. The van der Waals surface area contributed by atoms with E-state index < -0.39 is 0 Å². The maximum Gasteiger partial charge on any atom is 0.271 e. The number of aromatic nitrogens is 1. The van der Waals surface area contributed by atoms with Gasteiger partial charge in [-0.15, -0.1) is 0 Å². The molecular formula is C39H29BrN2O3S. The molecule has 46 heavy (non-hydrogen) atoms. The summed E-state index contributed by atoms with van der Waals surface area (Å²) in [6, 6.07) is 37.0. The molecule has 6 aromatic rings. The van der Waals surface area contributed by atoms with Crippen LogP contribution in [0.1, 0.15) is 40.3 Å². The lowest BCUT2D eigenvalue weighted by Crippen LogP contribution is -2.38. The van der Waals surface area contributed by atoms with Crippen LogP contribution in [0.2, 0.25) is 0 Å². The molecule has 7 heteroatoms. The standard InChI is InChI=1S/C39H29BrN2O3S/c1-44-33-21-24(20-32(40)37(33)45-23-28-15-9-14-25-10-5-7-16-29(25)28)22-34-38(43)42-36(27-12-3-2-4-13-27)31-19-18-26-11-6-8-17-30(26)35(31)41-39(42)46-34/h2-17,20-22,36H,18-19,23H2,1H3/b34-22-/t36-/m1/s1. The molecule has 1 aliphatic heterocycles. The van der Waals surface area contributed by atoms with E-state index in [-0.39, 0.29) is 11.6 Å². The molecule has 1 atom stereocenters. The minimum atomic E-state index is -0.200. The minimum absolute atomic E-state index is 0.0469. The van der Waals surface area contributed by atoms with Gasteiger partial charge in [-0.25, -0.2) is 4.99 Å². The summed E-state index contributed by atoms with van der Waals surface area (Å²) in [4.78, 5) is 20.0. The van der Waals surface area contributed by atoms with Crippen LogP contribution in [0.15, 0.2) is 129 Å². The lowest BCUT2D eigenvalue weighted by molar-refractivity contribution is 0.283. The van der Waals surface area contributed by atoms with Crippen molar-refractivity contribution < 1.29 is 9.47 Å². The maximum atomic E-state index is 14.2. The second-order valence-electron chi connectivity index (χ2n) is 11.5. The number of rotatable bonds is 6. The zero-order valence-electron chi connectivity index (χ0n) is 25.1. The summed E-state index contributed by atoms with van der Waals surface area (Å²) in [5, 5.41) is 2.33. The Morgan fingerprint density at radius 3 is 2.59 bits per heavy atom. The Hall–Kier alpha value is -4.72. The molecule has 226 valence electrons. The summed E-state index contributed by atoms with van der Waals surface area (Å²) in [6.45, 7) is 0.390. The summed E-state index contributed by atoms with van der Waals surface area (Å²) in [5.41, 5.74) is 7.63. The summed E-state index contributed by atoms with van der Waals surface area (Å²) in [6.07, 6.45) is 3.72. The first kappa shape index (κ1) is 28.7. The number of benzene rings is 5. The number of aryl methyl sites for hydroxylation is 1. The van der Waals surface area contributed by atoms with Crippen LogP contribution < -0.4 is 24.4 Å². The fourth-order valence-electron chi connectivity index (χ4n) is 6.64. The van der Waals surface area contributed by atoms with Gasteiger partial charge in [-0.05, 0) is 85.6 Å². The SMILES string of the molecule is COc1cc(/C=c2\sc3n(c2=O)[C@H](c2ccccc2)C2=C(N=3)c3ccccc3CC2)cc(Br)c1OCc1cccc2ccccc12. The third-order valence-corrected chi connectivity index (χ3v) is 10.4. The van der Waals surface area contributed by atoms with Crippen LogP contribution in [0.5, 0.6) is 11.5 Å². The smallest absolute Gasteiger partial charge is 0.271 e. The van der Waals surface area contributed by atoms with Crippen molar-refractivity contribution in [3.8, 4) is 11.5 Å². The first-order valence-electron chi connectivity index (χ1n) is 15.2. The number of methoxy groups -OCH3 is 1. The highest BCUT2D eigenvalue weighted by Crippen LogP contribution is 2.41. The zero-order chi connectivity index (χ0) is 31.2. The third kappa shape index (κ3) is 5.00. The number of ether oxygens (including phenoxy) is 2. The molecule has 0 saturated heterocycles. The molecule has 5 aromatic carbocycles. The van der Waals surface area contributed by atoms with Gasteiger partial charge >= 0.3 is 0 Å². The normalized spacial score (nSPS) is 15.6. The van der Waals surface area contributed by atoms with Gasteiger partial charge in [-0.3, -0.25) is 9.36 Å². The fraction of sp³-hybridized carbons (Fsp3) is 0.128. The number of thiazole rings is 1. The number of allylic oxidation sites excluding steroid dienone is 1. The average Bonchev–Trinajstić information content (AvgIpc) is 3.40. The summed E-state index contributed by atoms with van der Waals surface area (Å²) in [5.74, 6) is 1.20. The van der Waals surface area contributed by atoms with Crippen molar-refractivity contribution in [3.05, 3.63) is 167 Å². The molecule has 2 aliphatic rings. The predicted molar refractivity (Wildman–Crippen MR) is 188 cm³/mol. The van der Waals surface area contributed by atoms with Crippen molar-refractivity contribution in [2.45, 2.75) is 25.5 Å². The first-order valence-corrected chi connectivity index (χ1v) is 16.8. The molecule has 0 N–H and O–H groups in total. The van der Waals surface area contributed by atoms with Crippen molar-refractivity contribution in [1.29, 1.82) is 0 Å². The van der Waals surface area contributed by atoms with E-state index in [1.165, 1.54) is 27.9 Å². The second-order valence-corrected chi connectivity index (χ2v) is 13.3. The van der Waals surface area contributed by atoms with E-state index in [4.69, 9.17) is 14.5 Å². The van der Waals surface area contributed by atoms with Gasteiger partial charge in [-0.2, -0.15) is 0 Å². The maximum absolute atomic E-state index is 14.2. The van der Waals surface area contributed by atoms with Crippen LogP contribution in [0.3, 0.4) is 0 Å². The van der Waals surface area contributed by atoms with E-state index in [0.717, 1.165) is 50.7 Å². The van der Waals surface area contributed by atoms with Gasteiger partial charge in [0.05, 0.1) is 27.9 Å². The van der Waals surface area contributed by atoms with E-state index in [0.29, 0.717) is 27.4 Å². The van der Waals surface area contributed by atoms with Crippen molar-refractivity contribution in [1.82, 2.24) is 4.57 Å². The molecule has 2 heterocycles. The van der Waals surface area contributed by atoms with Gasteiger partial charge in [0, 0.05) is 5.56 Å². The van der Waals surface area contributed by atoms with Gasteiger partial charge in [0.25, 0.3) is 5.56 Å². The first-order chi connectivity index (χ1) is 22.6. The molecule has 1 aromatic heterocycles. The Balaban J connectivity index is 1.20. The van der Waals surface area contributed by atoms with E-state index >= 15 is 0 Å². The summed E-state index contributed by atoms with van der Waals surface area (Å²) in [7, 11) is 1.63. The highest BCUT2D eigenvalue weighted by atomic mass is 79.9. The Morgan fingerprint density at radius 2 is 1.72 bits per heavy atom. The number of hydrogen-bond donors (Lipinski definition) is 0. The van der Waals surface area contributed by atoms with Crippen LogP contribution >= 0.6 is 27.3 Å². The highest BCUT2D eigenvalue weighted by molar-refractivity contribution is 9.10. The minimum Gasteiger partial charge on any atom is -0.493 e. The van der Waals surface area contributed by atoms with Crippen LogP contribution in [0, 0.1) is 0 Å². The van der Waals surface area contributed by atoms with E-state index in [1.54, 1.807) is 7.11 Å². The lowest BCUT2D eigenvalue weighted by atomic mass is 9.83. The highest BCUT2D eigenvalue weighted by Gasteiger charge is 2.32. The van der Waals surface area contributed by atoms with Crippen LogP contribution in [0.4, 0.5) is 0 Å². The molecule has 0 fully saturated rings. The van der Waals surface area contributed by atoms with Crippen LogP contribution in [-0.4, -0.2) is 11.7 Å². The quantitative estimate of drug-likeness (QED) is 0.180. The molecular weight excluding hydrogens is 656 g/mol. The van der Waals surface area contributed by atoms with Gasteiger partial charge in [0.1, 0.15) is 6.61 Å². The Labute approximate surface area is 278 Å². The van der Waals surface area contributed by atoms with Gasteiger partial charge in [0.2, 0.25) is 0 Å². The Kier molecular flexibility index (Phi) is 7.43. The van der Waals surface area contributed by atoms with E-state index in [2.05, 4.69) is 76.6 Å². The van der Waals surface area contributed by atoms with Gasteiger partial charge in [0.15, 0.2) is 16.3 Å². The van der Waals surface area contributed by atoms with Crippen LogP contribution in [-0.2, 0) is 13.0 Å². The molecule has 0 bridgehead atoms. The molecule has 0 spiro atoms. The topological polar surface area (TPSA) is 52.8 Å². The van der Waals surface area contributed by atoms with Crippen LogP contribution in [0.25, 0.3) is 22.5 Å². The molecule has 0 saturated carbocycles. The monoisotopic (exact) mass is 684 g/mol. The molecule has 0 radical (unpaired) electrons. The summed E-state index contributed by atoms with van der Waals surface area (Å²) < 4.78 is 15.4. The fourth-order valence-corrected chi connectivity index (χ4v) is 8.22. The molecule has 0 amide bonds. The van der Waals surface area contributed by atoms with Gasteiger partial charge in [-0.1, -0.05) is 108 Å². The van der Waals surface area contributed by atoms with Gasteiger partial charge < -0.3 is 9.47 Å². The molecule has 5 nitrogen and oxygen atoms in total. The van der Waals surface area contributed by atoms with E-state index in [9.17, 15) is 4.79 Å². The summed E-state index contributed by atoms with van der Waals surface area (Å²) >= 11 is 5.14. The Morgan fingerprint density at radius 1 is 0.935 bits per heavy atom. The number of nitrogens with zero attached hydrogens (tertiary/aromatic N) is 2. The third-order valence-electron chi connectivity index (χ3n) is 8.79. The average molecular weight is 686 g/mol. The largest absolute Gasteiger partial charge is 0.493 e. The second kappa shape index (κ2) is 11.9. The van der Waals surface area contributed by atoms with Crippen molar-refractivity contribution in [2.24, 2.45) is 4.99 Å². The number of fused-ring (bicyclic) bond motifs is 4. The van der Waals surface area contributed by atoms with E-state index in [1.807, 2.05) is 59.2 Å². The predicted octanol–water partition coefficient (Wildman–Crippen LogP) is 7.82. The molecule has 1 aliphatic carbocycles.